The van der Waals surface area contributed by atoms with Gasteiger partial charge in [-0.1, -0.05) is 12.1 Å². The predicted molar refractivity (Wildman–Crippen MR) is 103 cm³/mol. The molecule has 1 fully saturated rings. The van der Waals surface area contributed by atoms with Crippen molar-refractivity contribution in [3.63, 3.8) is 0 Å². The van der Waals surface area contributed by atoms with Crippen molar-refractivity contribution in [1.29, 1.82) is 0 Å². The molecule has 0 N–H and O–H groups in total. The first kappa shape index (κ1) is 20.6. The number of morpholine rings is 1. The Morgan fingerprint density at radius 2 is 1.90 bits per heavy atom. The number of ether oxygens (including phenoxy) is 1. The molecule has 6 nitrogen and oxygen atoms in total. The quantitative estimate of drug-likeness (QED) is 0.706. The molecule has 10 heteroatoms. The number of anilines is 2. The first-order valence-corrected chi connectivity index (χ1v) is 9.68. The summed E-state index contributed by atoms with van der Waals surface area (Å²) in [6.07, 6.45) is -4.64. The number of hydrogen-bond acceptors (Lipinski definition) is 5. The van der Waals surface area contributed by atoms with Gasteiger partial charge in [0, 0.05) is 19.2 Å². The number of aromatic nitrogens is 2. The third-order valence-corrected chi connectivity index (χ3v) is 5.85. The second kappa shape index (κ2) is 7.26. The second-order valence-corrected chi connectivity index (χ2v) is 7.81. The van der Waals surface area contributed by atoms with Crippen LogP contribution in [0.25, 0.3) is 0 Å². The zero-order chi connectivity index (χ0) is 21.7. The number of fused-ring (bicyclic) bond motifs is 1. The van der Waals surface area contributed by atoms with Crippen molar-refractivity contribution in [3.8, 4) is 0 Å². The van der Waals surface area contributed by atoms with Crippen LogP contribution in [0.2, 0.25) is 0 Å². The maximum absolute atomic E-state index is 14.2. The Morgan fingerprint density at radius 3 is 2.53 bits per heavy atom. The van der Waals surface area contributed by atoms with E-state index in [1.807, 2.05) is 4.90 Å². The molecule has 0 amide bonds. The Morgan fingerprint density at radius 1 is 1.20 bits per heavy atom. The van der Waals surface area contributed by atoms with E-state index < -0.39 is 35.7 Å². The minimum Gasteiger partial charge on any atom is -0.378 e. The molecule has 0 bridgehead atoms. The third-order valence-electron chi connectivity index (χ3n) is 5.85. The SMILES string of the molecule is C[C@@H](c1cccc(F)c1)N1c2nc(N3CCOCC3)cc(=O)n2C[C@@]1(C)C(F)(F)F. The van der Waals surface area contributed by atoms with Crippen LogP contribution in [0.3, 0.4) is 0 Å². The summed E-state index contributed by atoms with van der Waals surface area (Å²) in [6, 6.07) is 5.85. The van der Waals surface area contributed by atoms with E-state index >= 15 is 0 Å². The van der Waals surface area contributed by atoms with Crippen molar-refractivity contribution in [3.05, 3.63) is 52.1 Å². The molecular formula is C20H22F4N4O2. The highest BCUT2D eigenvalue weighted by Crippen LogP contribution is 2.47. The standard InChI is InChI=1S/C20H22F4N4O2/c1-13(14-4-3-5-15(21)10-14)28-18-25-16(26-6-8-30-9-7-26)11-17(29)27(18)12-19(28,2)20(22,23)24/h3-5,10-11,13H,6-9,12H2,1-2H3/t13-,19-/m0/s1. The van der Waals surface area contributed by atoms with Crippen molar-refractivity contribution < 1.29 is 22.3 Å². The van der Waals surface area contributed by atoms with E-state index in [1.54, 1.807) is 13.0 Å². The van der Waals surface area contributed by atoms with Crippen LogP contribution in [-0.2, 0) is 11.3 Å². The summed E-state index contributed by atoms with van der Waals surface area (Å²) in [7, 11) is 0. The molecule has 1 aromatic carbocycles. The number of alkyl halides is 3. The molecule has 2 aliphatic heterocycles. The highest BCUT2D eigenvalue weighted by Gasteiger charge is 2.61. The number of halogens is 4. The van der Waals surface area contributed by atoms with Crippen LogP contribution >= 0.6 is 0 Å². The van der Waals surface area contributed by atoms with Gasteiger partial charge >= 0.3 is 6.18 Å². The summed E-state index contributed by atoms with van der Waals surface area (Å²) in [6.45, 7) is 3.90. The number of rotatable bonds is 3. The maximum Gasteiger partial charge on any atom is 0.413 e. The van der Waals surface area contributed by atoms with Gasteiger partial charge in [-0.15, -0.1) is 0 Å². The Balaban J connectivity index is 1.85. The van der Waals surface area contributed by atoms with Crippen molar-refractivity contribution in [1.82, 2.24) is 9.55 Å². The van der Waals surface area contributed by atoms with Gasteiger partial charge in [-0.25, -0.2) is 4.39 Å². The Kier molecular flexibility index (Phi) is 5.00. The lowest BCUT2D eigenvalue weighted by Gasteiger charge is -2.40. The average molecular weight is 426 g/mol. The zero-order valence-corrected chi connectivity index (χ0v) is 16.6. The molecule has 2 atom stereocenters. The maximum atomic E-state index is 14.2. The fraction of sp³-hybridized carbons (Fsp3) is 0.500. The summed E-state index contributed by atoms with van der Waals surface area (Å²) in [5.74, 6) is -0.294. The Labute approximate surface area is 170 Å². The van der Waals surface area contributed by atoms with Crippen LogP contribution in [0, 0.1) is 5.82 Å². The summed E-state index contributed by atoms with van der Waals surface area (Å²) < 4.78 is 62.8. The van der Waals surface area contributed by atoms with Crippen LogP contribution in [0.1, 0.15) is 25.5 Å². The Hall–Kier alpha value is -2.62. The molecule has 1 aromatic heterocycles. The highest BCUT2D eigenvalue weighted by molar-refractivity contribution is 5.52. The van der Waals surface area contributed by atoms with Crippen LogP contribution in [0.15, 0.2) is 35.1 Å². The van der Waals surface area contributed by atoms with E-state index in [9.17, 15) is 22.4 Å². The molecule has 4 rings (SSSR count). The van der Waals surface area contributed by atoms with E-state index in [0.29, 0.717) is 37.7 Å². The summed E-state index contributed by atoms with van der Waals surface area (Å²) in [4.78, 5) is 20.1. The van der Waals surface area contributed by atoms with E-state index in [0.717, 1.165) is 16.4 Å². The molecule has 2 aromatic rings. The fourth-order valence-corrected chi connectivity index (χ4v) is 4.12. The van der Waals surface area contributed by atoms with Gasteiger partial charge < -0.3 is 14.5 Å². The molecule has 3 heterocycles. The molecule has 0 saturated carbocycles. The van der Waals surface area contributed by atoms with Crippen molar-refractivity contribution >= 4 is 11.8 Å². The third kappa shape index (κ3) is 3.32. The van der Waals surface area contributed by atoms with E-state index in [-0.39, 0.29) is 5.95 Å². The van der Waals surface area contributed by atoms with Gasteiger partial charge in [-0.05, 0) is 31.5 Å². The summed E-state index contributed by atoms with van der Waals surface area (Å²) in [5.41, 5.74) is -2.56. The lowest BCUT2D eigenvalue weighted by Crippen LogP contribution is -2.56. The molecule has 0 spiro atoms. The van der Waals surface area contributed by atoms with Crippen LogP contribution < -0.4 is 15.4 Å². The average Bonchev–Trinajstić information content (AvgIpc) is 3.02. The van der Waals surface area contributed by atoms with Crippen molar-refractivity contribution in [2.24, 2.45) is 0 Å². The molecule has 1 saturated heterocycles. The van der Waals surface area contributed by atoms with Crippen molar-refractivity contribution in [2.45, 2.75) is 38.1 Å². The molecule has 30 heavy (non-hydrogen) atoms. The lowest BCUT2D eigenvalue weighted by molar-refractivity contribution is -0.183. The normalized spacial score (nSPS) is 22.9. The summed E-state index contributed by atoms with van der Waals surface area (Å²) in [5, 5.41) is 0. The van der Waals surface area contributed by atoms with E-state index in [4.69, 9.17) is 4.74 Å². The van der Waals surface area contributed by atoms with Crippen LogP contribution in [0.4, 0.5) is 29.3 Å². The molecule has 0 radical (unpaired) electrons. The van der Waals surface area contributed by atoms with E-state index in [2.05, 4.69) is 4.98 Å². The smallest absolute Gasteiger partial charge is 0.378 e. The van der Waals surface area contributed by atoms with Gasteiger partial charge in [0.2, 0.25) is 5.95 Å². The van der Waals surface area contributed by atoms with Crippen LogP contribution in [-0.4, -0.2) is 47.6 Å². The molecule has 2 aliphatic rings. The number of hydrogen-bond donors (Lipinski definition) is 0. The van der Waals surface area contributed by atoms with Crippen LogP contribution in [0.5, 0.6) is 0 Å². The largest absolute Gasteiger partial charge is 0.413 e. The first-order valence-electron chi connectivity index (χ1n) is 9.68. The lowest BCUT2D eigenvalue weighted by atomic mass is 9.96. The highest BCUT2D eigenvalue weighted by atomic mass is 19.4. The zero-order valence-electron chi connectivity index (χ0n) is 16.6. The number of nitrogens with zero attached hydrogens (tertiary/aromatic N) is 4. The topological polar surface area (TPSA) is 50.6 Å². The first-order chi connectivity index (χ1) is 14.1. The molecule has 162 valence electrons. The fourth-order valence-electron chi connectivity index (χ4n) is 4.12. The minimum absolute atomic E-state index is 0.0689. The second-order valence-electron chi connectivity index (χ2n) is 7.81. The number of benzene rings is 1. The minimum atomic E-state index is -4.64. The predicted octanol–water partition coefficient (Wildman–Crippen LogP) is 3.12. The van der Waals surface area contributed by atoms with Gasteiger partial charge in [0.25, 0.3) is 5.56 Å². The van der Waals surface area contributed by atoms with Gasteiger partial charge in [0.05, 0.1) is 25.8 Å². The van der Waals surface area contributed by atoms with E-state index in [1.165, 1.54) is 24.3 Å². The molecular weight excluding hydrogens is 404 g/mol. The van der Waals surface area contributed by atoms with Gasteiger partial charge in [-0.2, -0.15) is 18.2 Å². The van der Waals surface area contributed by atoms with Gasteiger partial charge in [0.1, 0.15) is 11.6 Å². The monoisotopic (exact) mass is 426 g/mol. The van der Waals surface area contributed by atoms with Gasteiger partial charge in [-0.3, -0.25) is 9.36 Å². The summed E-state index contributed by atoms with van der Waals surface area (Å²) >= 11 is 0. The molecule has 0 unspecified atom stereocenters. The van der Waals surface area contributed by atoms with Crippen molar-refractivity contribution in [2.75, 3.05) is 36.1 Å². The Bertz CT molecular complexity index is 1000. The molecule has 0 aliphatic carbocycles. The van der Waals surface area contributed by atoms with Gasteiger partial charge in [0.15, 0.2) is 5.54 Å².